The van der Waals surface area contributed by atoms with Gasteiger partial charge in [-0.05, 0) is 40.1 Å². The molecule has 1 N–H and O–H groups in total. The van der Waals surface area contributed by atoms with Crippen molar-refractivity contribution in [1.29, 1.82) is 0 Å². The van der Waals surface area contributed by atoms with Gasteiger partial charge in [0.25, 0.3) is 0 Å². The van der Waals surface area contributed by atoms with Crippen LogP contribution in [0.5, 0.6) is 0 Å². The first kappa shape index (κ1) is 9.42. The predicted molar refractivity (Wildman–Crippen MR) is 52.7 cm³/mol. The Morgan fingerprint density at radius 3 is 3.00 bits per heavy atom. The summed E-state index contributed by atoms with van der Waals surface area (Å²) in [4.78, 5) is 4.00. The Kier molecular flexibility index (Phi) is 3.44. The van der Waals surface area contributed by atoms with Crippen molar-refractivity contribution in [2.45, 2.75) is 6.92 Å². The first-order valence-corrected chi connectivity index (χ1v) is 4.40. The lowest BCUT2D eigenvalue weighted by atomic mass is 10.2. The summed E-state index contributed by atoms with van der Waals surface area (Å²) >= 11 is 3.32. The molecule has 0 atom stereocenters. The summed E-state index contributed by atoms with van der Waals surface area (Å²) in [6.07, 6.45) is 5.38. The highest BCUT2D eigenvalue weighted by Crippen LogP contribution is 2.12. The zero-order valence-electron chi connectivity index (χ0n) is 6.79. The minimum Gasteiger partial charge on any atom is -0.392 e. The second-order valence-corrected chi connectivity index (χ2v) is 3.50. The molecule has 0 unspecified atom stereocenters. The van der Waals surface area contributed by atoms with E-state index >= 15 is 0 Å². The van der Waals surface area contributed by atoms with Gasteiger partial charge in [0.2, 0.25) is 0 Å². The molecule has 1 aromatic heterocycles. The fraction of sp³-hybridized carbons (Fsp3) is 0.222. The van der Waals surface area contributed by atoms with Crippen LogP contribution in [-0.4, -0.2) is 16.7 Å². The molecule has 0 saturated heterocycles. The number of aliphatic hydroxyl groups excluding tert-OH is 1. The molecule has 0 aromatic carbocycles. The van der Waals surface area contributed by atoms with Crippen LogP contribution in [0.15, 0.2) is 28.5 Å². The number of hydrogen-bond donors (Lipinski definition) is 1. The van der Waals surface area contributed by atoms with Crippen LogP contribution in [-0.2, 0) is 0 Å². The third-order valence-corrected chi connectivity index (χ3v) is 1.82. The monoisotopic (exact) mass is 227 g/mol. The second kappa shape index (κ2) is 4.38. The van der Waals surface area contributed by atoms with E-state index in [2.05, 4.69) is 20.9 Å². The van der Waals surface area contributed by atoms with E-state index in [1.807, 2.05) is 19.1 Å². The summed E-state index contributed by atoms with van der Waals surface area (Å²) in [6.45, 7) is 1.97. The lowest BCUT2D eigenvalue weighted by Gasteiger charge is -1.96. The number of pyridine rings is 1. The molecule has 2 nitrogen and oxygen atoms in total. The van der Waals surface area contributed by atoms with Gasteiger partial charge in [-0.1, -0.05) is 6.08 Å². The van der Waals surface area contributed by atoms with Gasteiger partial charge in [-0.2, -0.15) is 0 Å². The minimum absolute atomic E-state index is 0.0898. The SMILES string of the molecule is C/C(=C/c1cncc(Br)c1)CO. The van der Waals surface area contributed by atoms with Crippen LogP contribution in [0.1, 0.15) is 12.5 Å². The lowest BCUT2D eigenvalue weighted by Crippen LogP contribution is -1.84. The van der Waals surface area contributed by atoms with Crippen molar-refractivity contribution in [2.75, 3.05) is 6.61 Å². The van der Waals surface area contributed by atoms with Crippen molar-refractivity contribution in [3.63, 3.8) is 0 Å². The quantitative estimate of drug-likeness (QED) is 0.841. The van der Waals surface area contributed by atoms with Crippen molar-refractivity contribution in [1.82, 2.24) is 4.98 Å². The van der Waals surface area contributed by atoms with E-state index in [4.69, 9.17) is 5.11 Å². The molecule has 0 radical (unpaired) electrons. The Morgan fingerprint density at radius 2 is 2.42 bits per heavy atom. The topological polar surface area (TPSA) is 33.1 Å². The number of halogens is 1. The van der Waals surface area contributed by atoms with E-state index in [0.29, 0.717) is 0 Å². The van der Waals surface area contributed by atoms with Gasteiger partial charge in [0.15, 0.2) is 0 Å². The number of nitrogens with zero attached hydrogens (tertiary/aromatic N) is 1. The maximum atomic E-state index is 8.76. The molecule has 1 heterocycles. The van der Waals surface area contributed by atoms with E-state index < -0.39 is 0 Å². The zero-order chi connectivity index (χ0) is 8.97. The number of hydrogen-bond acceptors (Lipinski definition) is 2. The molecule has 0 aliphatic carbocycles. The predicted octanol–water partition coefficient (Wildman–Crippen LogP) is 2.24. The highest BCUT2D eigenvalue weighted by atomic mass is 79.9. The molecule has 64 valence electrons. The van der Waals surface area contributed by atoms with Crippen LogP contribution < -0.4 is 0 Å². The van der Waals surface area contributed by atoms with Gasteiger partial charge in [0, 0.05) is 16.9 Å². The van der Waals surface area contributed by atoms with Crippen molar-refractivity contribution >= 4 is 22.0 Å². The fourth-order valence-electron chi connectivity index (χ4n) is 0.837. The summed E-state index contributed by atoms with van der Waals surface area (Å²) in [7, 11) is 0. The van der Waals surface area contributed by atoms with E-state index in [1.165, 1.54) is 0 Å². The molecule has 12 heavy (non-hydrogen) atoms. The molecule has 0 bridgehead atoms. The minimum atomic E-state index is 0.0898. The molecule has 0 spiro atoms. The molecule has 0 saturated carbocycles. The van der Waals surface area contributed by atoms with Gasteiger partial charge < -0.3 is 5.11 Å². The van der Waals surface area contributed by atoms with Gasteiger partial charge >= 0.3 is 0 Å². The smallest absolute Gasteiger partial charge is 0.0642 e. The Labute approximate surface area is 80.1 Å². The maximum Gasteiger partial charge on any atom is 0.0642 e. The highest BCUT2D eigenvalue weighted by Gasteiger charge is 1.91. The Bertz CT molecular complexity index is 296. The summed E-state index contributed by atoms with van der Waals surface area (Å²) in [6, 6.07) is 1.95. The Hall–Kier alpha value is -0.670. The molecule has 1 rings (SSSR count). The van der Waals surface area contributed by atoms with Crippen LogP contribution in [0.2, 0.25) is 0 Å². The summed E-state index contributed by atoms with van der Waals surface area (Å²) < 4.78 is 0.946. The molecular formula is C9H10BrNO. The second-order valence-electron chi connectivity index (χ2n) is 2.59. The van der Waals surface area contributed by atoms with Crippen molar-refractivity contribution < 1.29 is 5.11 Å². The van der Waals surface area contributed by atoms with Crippen LogP contribution >= 0.6 is 15.9 Å². The average molecular weight is 228 g/mol. The van der Waals surface area contributed by atoms with Crippen molar-refractivity contribution in [3.8, 4) is 0 Å². The molecule has 0 aliphatic heterocycles. The normalized spacial score (nSPS) is 11.8. The first-order chi connectivity index (χ1) is 5.72. The third kappa shape index (κ3) is 2.75. The van der Waals surface area contributed by atoms with E-state index in [9.17, 15) is 0 Å². The maximum absolute atomic E-state index is 8.76. The van der Waals surface area contributed by atoms with E-state index in [-0.39, 0.29) is 6.61 Å². The van der Waals surface area contributed by atoms with Crippen molar-refractivity contribution in [2.24, 2.45) is 0 Å². The Balaban J connectivity index is 2.89. The van der Waals surface area contributed by atoms with Crippen LogP contribution in [0.25, 0.3) is 6.08 Å². The molecule has 0 aliphatic rings. The number of aliphatic hydroxyl groups is 1. The third-order valence-electron chi connectivity index (χ3n) is 1.39. The Morgan fingerprint density at radius 1 is 1.67 bits per heavy atom. The standard InChI is InChI=1S/C9H10BrNO/c1-7(6-12)2-8-3-9(10)5-11-4-8/h2-5,12H,6H2,1H3/b7-2-. The molecule has 1 aromatic rings. The van der Waals surface area contributed by atoms with Gasteiger partial charge in [-0.3, -0.25) is 4.98 Å². The molecule has 0 fully saturated rings. The highest BCUT2D eigenvalue weighted by molar-refractivity contribution is 9.10. The van der Waals surface area contributed by atoms with Crippen molar-refractivity contribution in [3.05, 3.63) is 34.1 Å². The van der Waals surface area contributed by atoms with Crippen LogP contribution in [0.3, 0.4) is 0 Å². The van der Waals surface area contributed by atoms with Crippen LogP contribution in [0, 0.1) is 0 Å². The summed E-state index contributed by atoms with van der Waals surface area (Å²) in [5, 5.41) is 8.76. The van der Waals surface area contributed by atoms with Gasteiger partial charge in [0.1, 0.15) is 0 Å². The number of rotatable bonds is 2. The lowest BCUT2D eigenvalue weighted by molar-refractivity contribution is 0.332. The molecule has 0 amide bonds. The number of aromatic nitrogens is 1. The average Bonchev–Trinajstić information content (AvgIpc) is 2.04. The van der Waals surface area contributed by atoms with Gasteiger partial charge in [-0.25, -0.2) is 0 Å². The summed E-state index contributed by atoms with van der Waals surface area (Å²) in [5.74, 6) is 0. The summed E-state index contributed by atoms with van der Waals surface area (Å²) in [5.41, 5.74) is 1.92. The zero-order valence-corrected chi connectivity index (χ0v) is 8.37. The van der Waals surface area contributed by atoms with Crippen LogP contribution in [0.4, 0.5) is 0 Å². The molecular weight excluding hydrogens is 218 g/mol. The van der Waals surface area contributed by atoms with Gasteiger partial charge in [0.05, 0.1) is 6.61 Å². The van der Waals surface area contributed by atoms with E-state index in [0.717, 1.165) is 15.6 Å². The fourth-order valence-corrected chi connectivity index (χ4v) is 1.22. The molecule has 3 heteroatoms. The largest absolute Gasteiger partial charge is 0.392 e. The van der Waals surface area contributed by atoms with Gasteiger partial charge in [-0.15, -0.1) is 0 Å². The first-order valence-electron chi connectivity index (χ1n) is 3.61. The van der Waals surface area contributed by atoms with E-state index in [1.54, 1.807) is 12.4 Å².